The standard InChI is InChI=1S/C16H16BrI/c1-11-7-8-13(9-12(11)2)10-15(17)14-5-3-4-6-16(14)18/h3-9,15H,10H2,1-2H3. The highest BCUT2D eigenvalue weighted by Gasteiger charge is 2.11. The van der Waals surface area contributed by atoms with Crippen LogP contribution in [0.1, 0.15) is 27.1 Å². The van der Waals surface area contributed by atoms with Gasteiger partial charge in [0.2, 0.25) is 0 Å². The van der Waals surface area contributed by atoms with Gasteiger partial charge in [0.05, 0.1) is 0 Å². The van der Waals surface area contributed by atoms with Gasteiger partial charge in [-0.2, -0.15) is 0 Å². The van der Waals surface area contributed by atoms with Gasteiger partial charge in [0, 0.05) is 8.40 Å². The van der Waals surface area contributed by atoms with Crippen LogP contribution < -0.4 is 0 Å². The number of hydrogen-bond donors (Lipinski definition) is 0. The zero-order chi connectivity index (χ0) is 13.1. The Kier molecular flexibility index (Phi) is 4.84. The molecule has 2 heteroatoms. The van der Waals surface area contributed by atoms with Gasteiger partial charge in [-0.05, 0) is 71.2 Å². The zero-order valence-electron chi connectivity index (χ0n) is 10.6. The van der Waals surface area contributed by atoms with Gasteiger partial charge < -0.3 is 0 Å². The first-order chi connectivity index (χ1) is 8.58. The molecule has 94 valence electrons. The van der Waals surface area contributed by atoms with Gasteiger partial charge in [0.25, 0.3) is 0 Å². The van der Waals surface area contributed by atoms with Crippen molar-refractivity contribution in [2.45, 2.75) is 25.1 Å². The summed E-state index contributed by atoms with van der Waals surface area (Å²) in [5, 5.41) is 0. The van der Waals surface area contributed by atoms with Crippen LogP contribution in [0.15, 0.2) is 42.5 Å². The SMILES string of the molecule is Cc1ccc(CC(Br)c2ccccc2I)cc1C. The van der Waals surface area contributed by atoms with E-state index < -0.39 is 0 Å². The Balaban J connectivity index is 2.19. The molecule has 2 aromatic rings. The van der Waals surface area contributed by atoms with Crippen molar-refractivity contribution in [3.05, 3.63) is 68.3 Å². The second-order valence-corrected chi connectivity index (χ2v) is 6.88. The van der Waals surface area contributed by atoms with Gasteiger partial charge in [-0.1, -0.05) is 52.3 Å². The van der Waals surface area contributed by atoms with Crippen LogP contribution in [0.5, 0.6) is 0 Å². The molecule has 0 aliphatic rings. The molecule has 18 heavy (non-hydrogen) atoms. The molecule has 0 heterocycles. The number of alkyl halides is 1. The minimum Gasteiger partial charge on any atom is -0.0835 e. The van der Waals surface area contributed by atoms with E-state index in [1.807, 2.05) is 0 Å². The molecule has 0 amide bonds. The quantitative estimate of drug-likeness (QED) is 0.453. The highest BCUT2D eigenvalue weighted by molar-refractivity contribution is 14.1. The van der Waals surface area contributed by atoms with E-state index in [9.17, 15) is 0 Å². The van der Waals surface area contributed by atoms with E-state index in [4.69, 9.17) is 0 Å². The predicted molar refractivity (Wildman–Crippen MR) is 90.4 cm³/mol. The van der Waals surface area contributed by atoms with E-state index in [1.54, 1.807) is 0 Å². The van der Waals surface area contributed by atoms with Crippen molar-refractivity contribution in [3.63, 3.8) is 0 Å². The minimum atomic E-state index is 0.382. The van der Waals surface area contributed by atoms with Crippen molar-refractivity contribution in [2.75, 3.05) is 0 Å². The lowest BCUT2D eigenvalue weighted by Gasteiger charge is -2.13. The predicted octanol–water partition coefficient (Wildman–Crippen LogP) is 5.59. The molecule has 0 spiro atoms. The molecule has 0 aliphatic carbocycles. The molecule has 1 unspecified atom stereocenters. The Morgan fingerprint density at radius 3 is 2.44 bits per heavy atom. The van der Waals surface area contributed by atoms with Crippen molar-refractivity contribution in [1.29, 1.82) is 0 Å². The Morgan fingerprint density at radius 1 is 1.06 bits per heavy atom. The Morgan fingerprint density at radius 2 is 1.78 bits per heavy atom. The summed E-state index contributed by atoms with van der Waals surface area (Å²) in [5.74, 6) is 0. The first-order valence-corrected chi connectivity index (χ1v) is 8.02. The second-order valence-electron chi connectivity index (χ2n) is 4.61. The van der Waals surface area contributed by atoms with Crippen molar-refractivity contribution < 1.29 is 0 Å². The summed E-state index contributed by atoms with van der Waals surface area (Å²) in [6, 6.07) is 15.3. The summed E-state index contributed by atoms with van der Waals surface area (Å²) >= 11 is 6.21. The van der Waals surface area contributed by atoms with E-state index in [-0.39, 0.29) is 0 Å². The van der Waals surface area contributed by atoms with Gasteiger partial charge in [0.1, 0.15) is 0 Å². The van der Waals surface area contributed by atoms with Crippen LogP contribution in [0.4, 0.5) is 0 Å². The Labute approximate surface area is 131 Å². The van der Waals surface area contributed by atoms with Crippen molar-refractivity contribution >= 4 is 38.5 Å². The van der Waals surface area contributed by atoms with Gasteiger partial charge in [-0.3, -0.25) is 0 Å². The fourth-order valence-electron chi connectivity index (χ4n) is 1.98. The first kappa shape index (κ1) is 14.1. The van der Waals surface area contributed by atoms with Gasteiger partial charge in [0.15, 0.2) is 0 Å². The van der Waals surface area contributed by atoms with E-state index in [1.165, 1.54) is 25.8 Å². The van der Waals surface area contributed by atoms with Crippen LogP contribution in [-0.2, 0) is 6.42 Å². The van der Waals surface area contributed by atoms with Crippen LogP contribution in [-0.4, -0.2) is 0 Å². The molecule has 0 nitrogen and oxygen atoms in total. The van der Waals surface area contributed by atoms with E-state index >= 15 is 0 Å². The van der Waals surface area contributed by atoms with Crippen molar-refractivity contribution in [1.82, 2.24) is 0 Å². The molecule has 0 aromatic heterocycles. The van der Waals surface area contributed by atoms with Crippen LogP contribution in [0.2, 0.25) is 0 Å². The topological polar surface area (TPSA) is 0 Å². The molecule has 1 atom stereocenters. The lowest BCUT2D eigenvalue weighted by Crippen LogP contribution is -1.98. The fourth-order valence-corrected chi connectivity index (χ4v) is 3.94. The molecule has 0 bridgehead atoms. The van der Waals surface area contributed by atoms with Crippen LogP contribution in [0, 0.1) is 17.4 Å². The summed E-state index contributed by atoms with van der Waals surface area (Å²) in [5.41, 5.74) is 5.49. The van der Waals surface area contributed by atoms with E-state index in [0.717, 1.165) is 6.42 Å². The first-order valence-electron chi connectivity index (χ1n) is 6.02. The summed E-state index contributed by atoms with van der Waals surface area (Å²) in [7, 11) is 0. The van der Waals surface area contributed by atoms with E-state index in [2.05, 4.69) is 94.8 Å². The highest BCUT2D eigenvalue weighted by atomic mass is 127. The Bertz CT molecular complexity index is 549. The largest absolute Gasteiger partial charge is 0.0835 e. The monoisotopic (exact) mass is 414 g/mol. The number of benzene rings is 2. The van der Waals surface area contributed by atoms with Crippen LogP contribution in [0.3, 0.4) is 0 Å². The lowest BCUT2D eigenvalue weighted by atomic mass is 10.0. The summed E-state index contributed by atoms with van der Waals surface area (Å²) in [6.45, 7) is 4.33. The van der Waals surface area contributed by atoms with Crippen molar-refractivity contribution in [2.24, 2.45) is 0 Å². The third kappa shape index (κ3) is 3.35. The smallest absolute Gasteiger partial charge is 0.0446 e. The molecule has 0 aliphatic heterocycles. The summed E-state index contributed by atoms with van der Waals surface area (Å²) in [4.78, 5) is 0.382. The molecule has 2 rings (SSSR count). The maximum atomic E-state index is 3.81. The Hall–Kier alpha value is -0.350. The third-order valence-electron chi connectivity index (χ3n) is 3.23. The molecule has 2 aromatic carbocycles. The number of halogens is 2. The molecule has 0 saturated heterocycles. The lowest BCUT2D eigenvalue weighted by molar-refractivity contribution is 0.939. The van der Waals surface area contributed by atoms with Crippen molar-refractivity contribution in [3.8, 4) is 0 Å². The van der Waals surface area contributed by atoms with Gasteiger partial charge in [-0.15, -0.1) is 0 Å². The molecule has 0 saturated carbocycles. The molecular formula is C16H16BrI. The summed E-state index contributed by atoms with van der Waals surface area (Å²) in [6.07, 6.45) is 1.03. The van der Waals surface area contributed by atoms with Crippen LogP contribution in [0.25, 0.3) is 0 Å². The maximum Gasteiger partial charge on any atom is 0.0446 e. The number of rotatable bonds is 3. The number of aryl methyl sites for hydroxylation is 2. The number of hydrogen-bond acceptors (Lipinski definition) is 0. The molecule has 0 N–H and O–H groups in total. The molecular weight excluding hydrogens is 399 g/mol. The maximum absolute atomic E-state index is 3.81. The van der Waals surface area contributed by atoms with Crippen LogP contribution >= 0.6 is 38.5 Å². The third-order valence-corrected chi connectivity index (χ3v) is 5.03. The minimum absolute atomic E-state index is 0.382. The zero-order valence-corrected chi connectivity index (χ0v) is 14.3. The molecule has 0 radical (unpaired) electrons. The second kappa shape index (κ2) is 6.20. The fraction of sp³-hybridized carbons (Fsp3) is 0.250. The molecule has 0 fully saturated rings. The van der Waals surface area contributed by atoms with Gasteiger partial charge in [-0.25, -0.2) is 0 Å². The van der Waals surface area contributed by atoms with Gasteiger partial charge >= 0.3 is 0 Å². The average Bonchev–Trinajstić information content (AvgIpc) is 2.34. The normalized spacial score (nSPS) is 12.4. The highest BCUT2D eigenvalue weighted by Crippen LogP contribution is 2.30. The van der Waals surface area contributed by atoms with E-state index in [0.29, 0.717) is 4.83 Å². The summed E-state index contributed by atoms with van der Waals surface area (Å²) < 4.78 is 1.32. The average molecular weight is 415 g/mol.